The largest absolute Gasteiger partial charge is 0.306 e. The van der Waals surface area contributed by atoms with Gasteiger partial charge in [-0.3, -0.25) is 0 Å². The van der Waals surface area contributed by atoms with Crippen molar-refractivity contribution in [3.8, 4) is 57.1 Å². The van der Waals surface area contributed by atoms with Crippen molar-refractivity contribution in [2.75, 3.05) is 0 Å². The van der Waals surface area contributed by atoms with Gasteiger partial charge in [-0.15, -0.1) is 0 Å². The summed E-state index contributed by atoms with van der Waals surface area (Å²) in [6.45, 7) is 9.34. The lowest BCUT2D eigenvalue weighted by Crippen LogP contribution is -2.17. The number of benzene rings is 11. The third-order valence-electron chi connectivity index (χ3n) is 18.4. The maximum atomic E-state index is 12.8. The molecule has 0 unspecified atom stereocenters. The maximum absolute atomic E-state index is 12.8. The van der Waals surface area contributed by atoms with Crippen molar-refractivity contribution >= 4 is 87.2 Å². The molecule has 4 heterocycles. The van der Waals surface area contributed by atoms with E-state index in [0.717, 1.165) is 104 Å². The maximum Gasteiger partial charge on any atom is 0.104 e. The first kappa shape index (κ1) is 44.7. The molecule has 0 N–H and O–H groups in total. The Morgan fingerprint density at radius 2 is 0.562 bits per heavy atom. The fourth-order valence-corrected chi connectivity index (χ4v) is 15.1. The number of nitriles is 2. The van der Waals surface area contributed by atoms with Gasteiger partial charge in [0.05, 0.1) is 66.9 Å². The summed E-state index contributed by atoms with van der Waals surface area (Å²) in [5, 5.41) is 34.2. The molecule has 80 heavy (non-hydrogen) atoms. The summed E-state index contributed by atoms with van der Waals surface area (Å²) in [5.74, 6) is 0. The number of fused-ring (bicyclic) bond motifs is 20. The molecule has 374 valence electrons. The van der Waals surface area contributed by atoms with E-state index in [1.807, 2.05) is 0 Å². The minimum atomic E-state index is -0.327. The van der Waals surface area contributed by atoms with E-state index in [0.29, 0.717) is 28.2 Å². The second-order valence-corrected chi connectivity index (χ2v) is 22.9. The van der Waals surface area contributed by atoms with E-state index < -0.39 is 0 Å². The van der Waals surface area contributed by atoms with Gasteiger partial charge in [0, 0.05) is 65.0 Å². The van der Waals surface area contributed by atoms with Crippen molar-refractivity contribution in [2.24, 2.45) is 0 Å². The average molecular weight is 1020 g/mol. The monoisotopic (exact) mass is 1020 g/mol. The Morgan fingerprint density at radius 3 is 0.912 bits per heavy atom. The number of aromatic nitrogens is 4. The average Bonchev–Trinajstić information content (AvgIpc) is 4.42. The summed E-state index contributed by atoms with van der Waals surface area (Å²) in [6, 6.07) is 84.4. The van der Waals surface area contributed by atoms with Crippen molar-refractivity contribution in [3.05, 3.63) is 252 Å². The fourth-order valence-electron chi connectivity index (χ4n) is 15.1. The zero-order chi connectivity index (χ0) is 53.5. The number of hydrogen-bond donors (Lipinski definition) is 0. The van der Waals surface area contributed by atoms with Gasteiger partial charge in [-0.1, -0.05) is 210 Å². The molecule has 17 rings (SSSR count). The van der Waals surface area contributed by atoms with Gasteiger partial charge in [0.2, 0.25) is 0 Å². The summed E-state index contributed by atoms with van der Waals surface area (Å²) in [6.07, 6.45) is 0. The van der Waals surface area contributed by atoms with Crippen LogP contribution in [-0.2, 0) is 10.8 Å². The van der Waals surface area contributed by atoms with Crippen LogP contribution in [0.4, 0.5) is 0 Å². The molecule has 6 nitrogen and oxygen atoms in total. The highest BCUT2D eigenvalue weighted by molar-refractivity contribution is 6.20. The van der Waals surface area contributed by atoms with Crippen LogP contribution in [-0.4, -0.2) is 18.3 Å². The van der Waals surface area contributed by atoms with E-state index in [4.69, 9.17) is 0 Å². The predicted molar refractivity (Wildman–Crippen MR) is 328 cm³/mol. The summed E-state index contributed by atoms with van der Waals surface area (Å²) in [7, 11) is 0. The predicted octanol–water partition coefficient (Wildman–Crippen LogP) is 18.4. The van der Waals surface area contributed by atoms with Crippen LogP contribution in [0.3, 0.4) is 0 Å². The molecule has 0 saturated heterocycles. The lowest BCUT2D eigenvalue weighted by molar-refractivity contribution is 0.660. The lowest BCUT2D eigenvalue weighted by atomic mass is 9.82. The molecule has 2 aliphatic rings. The van der Waals surface area contributed by atoms with Gasteiger partial charge in [0.15, 0.2) is 0 Å². The molecule has 11 aromatic carbocycles. The Balaban J connectivity index is 1.22. The molecule has 2 aliphatic carbocycles. The van der Waals surface area contributed by atoms with Gasteiger partial charge in [-0.25, -0.2) is 0 Å². The van der Waals surface area contributed by atoms with Crippen LogP contribution in [0.1, 0.15) is 61.1 Å². The molecule has 0 radical (unpaired) electrons. The van der Waals surface area contributed by atoms with Crippen LogP contribution in [0.2, 0.25) is 0 Å². The first-order valence-corrected chi connectivity index (χ1v) is 27.6. The number of rotatable bonds is 4. The van der Waals surface area contributed by atoms with Gasteiger partial charge < -0.3 is 18.3 Å². The quantitative estimate of drug-likeness (QED) is 0.176. The van der Waals surface area contributed by atoms with Gasteiger partial charge in [0.1, 0.15) is 23.3 Å². The standard InChI is InChI=1S/C74H48N6/c1-73(2)55-29-13-5-27-51(55)65-57(73)39-37-49-47-25-11-19-35-63(47)79(68(49)65)70-53(41-75)67(77-59-31-15-7-21-43(59)44-22-8-16-32-60(44)77)54(42-76)71(72(70)78-61-33-17-9-23-45(61)46-24-10-18-34-62(46)78)80-64-36-20-12-26-48(64)50-38-40-58-66(69(50)80)52-28-6-14-30-56(52)74(58,3)4/h5-40H,1-4H3. The van der Waals surface area contributed by atoms with Crippen LogP contribution in [0, 0.1) is 22.7 Å². The summed E-state index contributed by atoms with van der Waals surface area (Å²) >= 11 is 0. The minimum absolute atomic E-state index is 0.327. The molecule has 4 aromatic heterocycles. The van der Waals surface area contributed by atoms with Crippen molar-refractivity contribution in [2.45, 2.75) is 38.5 Å². The molecule has 0 spiro atoms. The second kappa shape index (κ2) is 15.6. The first-order valence-electron chi connectivity index (χ1n) is 27.6. The van der Waals surface area contributed by atoms with Gasteiger partial charge >= 0.3 is 0 Å². The molecule has 0 aliphatic heterocycles. The molecule has 0 amide bonds. The van der Waals surface area contributed by atoms with Crippen LogP contribution >= 0.6 is 0 Å². The molecule has 15 aromatic rings. The Labute approximate surface area is 461 Å². The SMILES string of the molecule is CC1(C)c2ccccc2-c2c1ccc1c3ccccc3n(-c3c(C#N)c(-n4c5ccccc5c5ccccc54)c(C#N)c(-n4c5ccccc5c5ccc6c(c54)-c4ccccc4C6(C)C)c3-n3c4ccccc4c4ccccc43)c21. The number of hydrogen-bond acceptors (Lipinski definition) is 2. The zero-order valence-corrected chi connectivity index (χ0v) is 44.5. The highest BCUT2D eigenvalue weighted by atomic mass is 15.1. The molecule has 0 fully saturated rings. The molecule has 6 heteroatoms. The van der Waals surface area contributed by atoms with E-state index in [2.05, 4.69) is 276 Å². The highest BCUT2D eigenvalue weighted by Gasteiger charge is 2.42. The summed E-state index contributed by atoms with van der Waals surface area (Å²) in [4.78, 5) is 0. The van der Waals surface area contributed by atoms with Crippen molar-refractivity contribution in [1.82, 2.24) is 18.3 Å². The molecular formula is C74H48N6. The van der Waals surface area contributed by atoms with Gasteiger partial charge in [0.25, 0.3) is 0 Å². The topological polar surface area (TPSA) is 67.3 Å². The van der Waals surface area contributed by atoms with E-state index in [1.165, 1.54) is 33.4 Å². The van der Waals surface area contributed by atoms with Gasteiger partial charge in [-0.05, 0) is 69.8 Å². The smallest absolute Gasteiger partial charge is 0.104 e. The van der Waals surface area contributed by atoms with Gasteiger partial charge in [-0.2, -0.15) is 10.5 Å². The summed E-state index contributed by atoms with van der Waals surface area (Å²) < 4.78 is 9.46. The second-order valence-electron chi connectivity index (χ2n) is 22.9. The number of nitrogens with zero attached hydrogens (tertiary/aromatic N) is 6. The summed E-state index contributed by atoms with van der Waals surface area (Å²) in [5.41, 5.74) is 20.0. The minimum Gasteiger partial charge on any atom is -0.306 e. The molecule has 0 atom stereocenters. The van der Waals surface area contributed by atoms with E-state index in [9.17, 15) is 10.5 Å². The zero-order valence-electron chi connectivity index (χ0n) is 44.5. The third-order valence-corrected chi connectivity index (χ3v) is 18.4. The van der Waals surface area contributed by atoms with Crippen molar-refractivity contribution in [1.29, 1.82) is 10.5 Å². The lowest BCUT2D eigenvalue weighted by Gasteiger charge is -2.28. The normalized spacial score (nSPS) is 13.9. The first-order chi connectivity index (χ1) is 39.2. The fraction of sp³-hybridized carbons (Fsp3) is 0.0811. The number of para-hydroxylation sites is 6. The molecule has 0 saturated carbocycles. The van der Waals surface area contributed by atoms with Crippen molar-refractivity contribution < 1.29 is 0 Å². The Bertz CT molecular complexity index is 5070. The van der Waals surface area contributed by atoms with E-state index >= 15 is 0 Å². The Hall–Kier alpha value is -10.4. The van der Waals surface area contributed by atoms with Crippen molar-refractivity contribution in [3.63, 3.8) is 0 Å². The Kier molecular flexibility index (Phi) is 8.74. The van der Waals surface area contributed by atoms with E-state index in [1.54, 1.807) is 0 Å². The van der Waals surface area contributed by atoms with Crippen LogP contribution in [0.5, 0.6) is 0 Å². The van der Waals surface area contributed by atoms with Crippen LogP contribution < -0.4 is 0 Å². The van der Waals surface area contributed by atoms with Crippen LogP contribution in [0.25, 0.3) is 132 Å². The molecular weight excluding hydrogens is 973 g/mol. The third kappa shape index (κ3) is 5.40. The highest BCUT2D eigenvalue weighted by Crippen LogP contribution is 2.57. The molecule has 0 bridgehead atoms. The van der Waals surface area contributed by atoms with E-state index in [-0.39, 0.29) is 10.8 Å². The Morgan fingerprint density at radius 1 is 0.275 bits per heavy atom. The van der Waals surface area contributed by atoms with Crippen LogP contribution in [0.15, 0.2) is 218 Å².